The summed E-state index contributed by atoms with van der Waals surface area (Å²) < 4.78 is 15.8. The second-order valence-corrected chi connectivity index (χ2v) is 5.24. The lowest BCUT2D eigenvalue weighted by Gasteiger charge is -2.18. The molecule has 0 aliphatic carbocycles. The number of hydrogen-bond acceptors (Lipinski definition) is 3. The van der Waals surface area contributed by atoms with Gasteiger partial charge in [-0.1, -0.05) is 29.8 Å². The summed E-state index contributed by atoms with van der Waals surface area (Å²) in [5.41, 5.74) is 5.49. The van der Waals surface area contributed by atoms with Crippen molar-refractivity contribution in [3.63, 3.8) is 0 Å². The van der Waals surface area contributed by atoms with Gasteiger partial charge in [0, 0.05) is 18.2 Å². The Bertz CT molecular complexity index is 624. The smallest absolute Gasteiger partial charge is 0.130 e. The zero-order chi connectivity index (χ0) is 14.9. The van der Waals surface area contributed by atoms with Crippen molar-refractivity contribution in [2.75, 3.05) is 0 Å². The van der Waals surface area contributed by atoms with Crippen LogP contribution >= 0.6 is 11.6 Å². The summed E-state index contributed by atoms with van der Waals surface area (Å²) in [6, 6.07) is 4.92. The molecule has 1 aromatic carbocycles. The van der Waals surface area contributed by atoms with Crippen LogP contribution in [0.5, 0.6) is 0 Å². The third kappa shape index (κ3) is 2.70. The van der Waals surface area contributed by atoms with Gasteiger partial charge in [-0.3, -0.25) is 16.0 Å². The van der Waals surface area contributed by atoms with Crippen LogP contribution in [0.3, 0.4) is 0 Å². The van der Waals surface area contributed by atoms with Crippen LogP contribution in [0.25, 0.3) is 0 Å². The van der Waals surface area contributed by atoms with Crippen molar-refractivity contribution in [2.45, 2.75) is 26.3 Å². The van der Waals surface area contributed by atoms with Crippen LogP contribution in [-0.4, -0.2) is 9.78 Å². The molecular weight excluding hydrogens is 279 g/mol. The van der Waals surface area contributed by atoms with Crippen LogP contribution in [0, 0.1) is 19.7 Å². The van der Waals surface area contributed by atoms with Crippen LogP contribution in [0.2, 0.25) is 5.15 Å². The van der Waals surface area contributed by atoms with Gasteiger partial charge in [-0.25, -0.2) is 4.39 Å². The number of aryl methyl sites for hydroxylation is 3. The summed E-state index contributed by atoms with van der Waals surface area (Å²) in [6.45, 7) is 3.61. The fourth-order valence-corrected chi connectivity index (χ4v) is 2.56. The second-order valence-electron chi connectivity index (χ2n) is 4.88. The second kappa shape index (κ2) is 5.91. The zero-order valence-corrected chi connectivity index (χ0v) is 12.5. The van der Waals surface area contributed by atoms with Crippen molar-refractivity contribution in [1.29, 1.82) is 0 Å². The summed E-state index contributed by atoms with van der Waals surface area (Å²) in [6.07, 6.45) is 0.482. The highest BCUT2D eigenvalue weighted by atomic mass is 35.5. The minimum atomic E-state index is -0.352. The molecule has 0 saturated heterocycles. The van der Waals surface area contributed by atoms with E-state index in [0.29, 0.717) is 22.7 Å². The molecule has 6 heteroatoms. The van der Waals surface area contributed by atoms with Gasteiger partial charge in [-0.2, -0.15) is 5.10 Å². The van der Waals surface area contributed by atoms with Crippen LogP contribution in [0.1, 0.15) is 28.4 Å². The lowest BCUT2D eigenvalue weighted by molar-refractivity contribution is 0.507. The minimum Gasteiger partial charge on any atom is -0.271 e. The number of benzene rings is 1. The van der Waals surface area contributed by atoms with E-state index in [9.17, 15) is 4.39 Å². The van der Waals surface area contributed by atoms with E-state index in [-0.39, 0.29) is 11.9 Å². The van der Waals surface area contributed by atoms with Gasteiger partial charge in [0.2, 0.25) is 0 Å². The van der Waals surface area contributed by atoms with Gasteiger partial charge in [-0.15, -0.1) is 0 Å². The van der Waals surface area contributed by atoms with Crippen molar-refractivity contribution >= 4 is 11.6 Å². The average Bonchev–Trinajstić information content (AvgIpc) is 2.65. The van der Waals surface area contributed by atoms with Gasteiger partial charge in [0.25, 0.3) is 0 Å². The molecule has 2 aromatic rings. The molecule has 2 rings (SSSR count). The molecule has 0 aliphatic heterocycles. The van der Waals surface area contributed by atoms with E-state index >= 15 is 0 Å². The molecule has 0 aliphatic rings. The van der Waals surface area contributed by atoms with Gasteiger partial charge >= 0.3 is 0 Å². The highest BCUT2D eigenvalue weighted by Gasteiger charge is 2.20. The predicted molar refractivity (Wildman–Crippen MR) is 77.9 cm³/mol. The Morgan fingerprint density at radius 2 is 2.15 bits per heavy atom. The van der Waals surface area contributed by atoms with Crippen molar-refractivity contribution < 1.29 is 4.39 Å². The van der Waals surface area contributed by atoms with Crippen LogP contribution in [0.15, 0.2) is 18.2 Å². The van der Waals surface area contributed by atoms with Gasteiger partial charge < -0.3 is 0 Å². The Labute approximate surface area is 122 Å². The molecule has 4 nitrogen and oxygen atoms in total. The van der Waals surface area contributed by atoms with E-state index < -0.39 is 0 Å². The van der Waals surface area contributed by atoms with Crippen molar-refractivity contribution in [1.82, 2.24) is 15.2 Å². The molecule has 1 atom stereocenters. The van der Waals surface area contributed by atoms with Gasteiger partial charge in [0.05, 0.1) is 11.7 Å². The maximum absolute atomic E-state index is 14.2. The van der Waals surface area contributed by atoms with E-state index in [4.69, 9.17) is 17.4 Å². The first-order valence-corrected chi connectivity index (χ1v) is 6.72. The quantitative estimate of drug-likeness (QED) is 0.673. The molecule has 0 spiro atoms. The van der Waals surface area contributed by atoms with Crippen LogP contribution in [-0.2, 0) is 13.5 Å². The fourth-order valence-electron chi connectivity index (χ4n) is 2.31. The number of nitrogens with one attached hydrogen (secondary N) is 1. The minimum absolute atomic E-state index is 0.242. The molecular formula is C14H18ClFN4. The van der Waals surface area contributed by atoms with Crippen LogP contribution in [0.4, 0.5) is 4.39 Å². The van der Waals surface area contributed by atoms with E-state index in [1.807, 2.05) is 13.0 Å². The maximum atomic E-state index is 14.2. The summed E-state index contributed by atoms with van der Waals surface area (Å²) in [5.74, 6) is 5.35. The van der Waals surface area contributed by atoms with E-state index in [2.05, 4.69) is 10.5 Å². The van der Waals surface area contributed by atoms with E-state index in [1.165, 1.54) is 0 Å². The summed E-state index contributed by atoms with van der Waals surface area (Å²) in [5, 5.41) is 4.81. The topological polar surface area (TPSA) is 55.9 Å². The van der Waals surface area contributed by atoms with Gasteiger partial charge in [0.1, 0.15) is 11.0 Å². The number of halogens is 2. The molecule has 108 valence electrons. The summed E-state index contributed by atoms with van der Waals surface area (Å²) >= 11 is 6.21. The summed E-state index contributed by atoms with van der Waals surface area (Å²) in [4.78, 5) is 0. The monoisotopic (exact) mass is 296 g/mol. The SMILES string of the molecule is Cc1cccc(C(Cc2c(C)nn(C)c2Cl)NN)c1F. The van der Waals surface area contributed by atoms with Crippen molar-refractivity contribution in [3.8, 4) is 0 Å². The zero-order valence-electron chi connectivity index (χ0n) is 11.7. The standard InChI is InChI=1S/C14H18ClFN4/c1-8-5-4-6-10(13(8)16)12(18-17)7-11-9(2)19-20(3)14(11)15/h4-6,12,18H,7,17H2,1-3H3. The molecule has 0 saturated carbocycles. The molecule has 0 amide bonds. The highest BCUT2D eigenvalue weighted by molar-refractivity contribution is 6.30. The van der Waals surface area contributed by atoms with E-state index in [0.717, 1.165) is 11.3 Å². The Kier molecular flexibility index (Phi) is 4.42. The number of nitrogens with two attached hydrogens (primary N) is 1. The first-order chi connectivity index (χ1) is 9.45. The Morgan fingerprint density at radius 1 is 1.45 bits per heavy atom. The molecule has 1 aromatic heterocycles. The Morgan fingerprint density at radius 3 is 2.70 bits per heavy atom. The molecule has 1 unspecified atom stereocenters. The third-order valence-electron chi connectivity index (χ3n) is 3.48. The van der Waals surface area contributed by atoms with E-state index in [1.54, 1.807) is 30.8 Å². The molecule has 20 heavy (non-hydrogen) atoms. The predicted octanol–water partition coefficient (Wildman–Crippen LogP) is 2.58. The highest BCUT2D eigenvalue weighted by Crippen LogP contribution is 2.27. The Balaban J connectivity index is 2.36. The maximum Gasteiger partial charge on any atom is 0.130 e. The largest absolute Gasteiger partial charge is 0.271 e. The van der Waals surface area contributed by atoms with Crippen molar-refractivity contribution in [3.05, 3.63) is 51.6 Å². The third-order valence-corrected chi connectivity index (χ3v) is 3.95. The molecule has 0 bridgehead atoms. The number of hydrazine groups is 1. The average molecular weight is 297 g/mol. The lowest BCUT2D eigenvalue weighted by Crippen LogP contribution is -2.30. The first-order valence-electron chi connectivity index (χ1n) is 6.34. The van der Waals surface area contributed by atoms with Gasteiger partial charge in [-0.05, 0) is 25.8 Å². The normalized spacial score (nSPS) is 12.7. The number of aromatic nitrogens is 2. The van der Waals surface area contributed by atoms with Crippen molar-refractivity contribution in [2.24, 2.45) is 12.9 Å². The number of hydrogen-bond donors (Lipinski definition) is 2. The number of rotatable bonds is 4. The van der Waals surface area contributed by atoms with Gasteiger partial charge in [0.15, 0.2) is 0 Å². The molecule has 0 radical (unpaired) electrons. The molecule has 1 heterocycles. The Hall–Kier alpha value is -1.43. The van der Waals surface area contributed by atoms with Crippen LogP contribution < -0.4 is 11.3 Å². The lowest BCUT2D eigenvalue weighted by atomic mass is 9.98. The first kappa shape index (κ1) is 15.0. The fraction of sp³-hybridized carbons (Fsp3) is 0.357. The molecule has 3 N–H and O–H groups in total. The molecule has 0 fully saturated rings. The number of nitrogens with zero attached hydrogens (tertiary/aromatic N) is 2. The summed E-state index contributed by atoms with van der Waals surface area (Å²) in [7, 11) is 1.77.